The molecule has 0 aliphatic heterocycles. The van der Waals surface area contributed by atoms with E-state index < -0.39 is 59.9 Å². The lowest BCUT2D eigenvalue weighted by Crippen LogP contribution is -2.58. The first kappa shape index (κ1) is 31.2. The summed E-state index contributed by atoms with van der Waals surface area (Å²) in [6, 6.07) is -4.75. The minimum absolute atomic E-state index is 0.0427. The van der Waals surface area contributed by atoms with Crippen LogP contribution >= 0.6 is 0 Å². The molecule has 0 heterocycles. The summed E-state index contributed by atoms with van der Waals surface area (Å²) in [4.78, 5) is 60.5. The predicted octanol–water partition coefficient (Wildman–Crippen LogP) is -2.33. The van der Waals surface area contributed by atoms with E-state index in [-0.39, 0.29) is 31.6 Å². The Morgan fingerprint density at radius 3 is 1.82 bits per heavy atom. The summed E-state index contributed by atoms with van der Waals surface area (Å²) >= 11 is 0. The van der Waals surface area contributed by atoms with Crippen LogP contribution in [0.25, 0.3) is 0 Å². The standard InChI is InChI=1S/C21H40N6O7/c1-11(2)10-15(19(31)26-14(21(33)34)7-8-16(23)29)27-18(30)13(6-4-5-9-22)25-20(32)17(24)12(3)28/h11-15,17,28H,4-10,22,24H2,1-3H3,(H2,23,29)(H,25,32)(H,26,31)(H,27,30)(H,33,34). The van der Waals surface area contributed by atoms with Gasteiger partial charge in [0.2, 0.25) is 23.6 Å². The average Bonchev–Trinajstić information content (AvgIpc) is 2.73. The van der Waals surface area contributed by atoms with Crippen molar-refractivity contribution in [2.24, 2.45) is 23.1 Å². The molecule has 11 N–H and O–H groups in total. The van der Waals surface area contributed by atoms with E-state index in [2.05, 4.69) is 16.0 Å². The topological polar surface area (TPSA) is 240 Å². The maximum Gasteiger partial charge on any atom is 0.326 e. The van der Waals surface area contributed by atoms with Gasteiger partial charge in [-0.3, -0.25) is 19.2 Å². The monoisotopic (exact) mass is 488 g/mol. The van der Waals surface area contributed by atoms with Crippen LogP contribution in [0, 0.1) is 5.92 Å². The van der Waals surface area contributed by atoms with Gasteiger partial charge in [0, 0.05) is 6.42 Å². The van der Waals surface area contributed by atoms with Crippen molar-refractivity contribution in [1.82, 2.24) is 16.0 Å². The van der Waals surface area contributed by atoms with Gasteiger partial charge in [0.05, 0.1) is 6.10 Å². The molecule has 0 fully saturated rings. The molecule has 0 aromatic rings. The van der Waals surface area contributed by atoms with Crippen LogP contribution in [0.4, 0.5) is 0 Å². The van der Waals surface area contributed by atoms with Crippen molar-refractivity contribution in [3.63, 3.8) is 0 Å². The summed E-state index contributed by atoms with van der Waals surface area (Å²) < 4.78 is 0. The highest BCUT2D eigenvalue weighted by Crippen LogP contribution is 2.09. The minimum Gasteiger partial charge on any atom is -0.480 e. The van der Waals surface area contributed by atoms with Crippen molar-refractivity contribution < 1.29 is 34.2 Å². The molecule has 13 heteroatoms. The molecule has 0 aromatic carbocycles. The third-order valence-electron chi connectivity index (χ3n) is 5.04. The van der Waals surface area contributed by atoms with Gasteiger partial charge in [-0.05, 0) is 51.5 Å². The molecule has 5 atom stereocenters. The van der Waals surface area contributed by atoms with Gasteiger partial charge in [0.1, 0.15) is 24.2 Å². The zero-order chi connectivity index (χ0) is 26.4. The van der Waals surface area contributed by atoms with Crippen molar-refractivity contribution in [2.45, 2.75) is 89.6 Å². The van der Waals surface area contributed by atoms with Crippen LogP contribution in [0.1, 0.15) is 59.3 Å². The van der Waals surface area contributed by atoms with Gasteiger partial charge >= 0.3 is 5.97 Å². The molecule has 0 aliphatic rings. The second-order valence-corrected chi connectivity index (χ2v) is 8.71. The number of rotatable bonds is 17. The second-order valence-electron chi connectivity index (χ2n) is 8.71. The Hall–Kier alpha value is -2.77. The molecule has 0 spiro atoms. The molecule has 13 nitrogen and oxygen atoms in total. The average molecular weight is 489 g/mol. The van der Waals surface area contributed by atoms with Crippen LogP contribution in [0.3, 0.4) is 0 Å². The van der Waals surface area contributed by atoms with E-state index in [1.807, 2.05) is 13.8 Å². The molecule has 0 aliphatic carbocycles. The summed E-state index contributed by atoms with van der Waals surface area (Å²) in [6.45, 7) is 5.36. The zero-order valence-electron chi connectivity index (χ0n) is 20.1. The quantitative estimate of drug-likeness (QED) is 0.102. The number of aliphatic hydroxyl groups excluding tert-OH is 1. The fraction of sp³-hybridized carbons (Fsp3) is 0.762. The summed E-state index contributed by atoms with van der Waals surface area (Å²) in [7, 11) is 0. The maximum absolute atomic E-state index is 13.0. The number of primary amides is 1. The summed E-state index contributed by atoms with van der Waals surface area (Å²) in [5.41, 5.74) is 16.2. The maximum atomic E-state index is 13.0. The molecule has 0 saturated heterocycles. The van der Waals surface area contributed by atoms with Crippen LogP contribution in [-0.2, 0) is 24.0 Å². The van der Waals surface area contributed by atoms with Crippen molar-refractivity contribution in [1.29, 1.82) is 0 Å². The Morgan fingerprint density at radius 2 is 1.35 bits per heavy atom. The van der Waals surface area contributed by atoms with Gasteiger partial charge in [-0.2, -0.15) is 0 Å². The molecule has 0 aromatic heterocycles. The highest BCUT2D eigenvalue weighted by atomic mass is 16.4. The summed E-state index contributed by atoms with van der Waals surface area (Å²) in [6.07, 6.45) is -0.0677. The first-order valence-corrected chi connectivity index (χ1v) is 11.4. The molecular weight excluding hydrogens is 448 g/mol. The lowest BCUT2D eigenvalue weighted by Gasteiger charge is -2.26. The van der Waals surface area contributed by atoms with E-state index in [0.29, 0.717) is 19.4 Å². The number of carbonyl (C=O) groups is 5. The lowest BCUT2D eigenvalue weighted by atomic mass is 10.0. The van der Waals surface area contributed by atoms with Gasteiger partial charge in [0.25, 0.3) is 0 Å². The number of aliphatic hydroxyl groups is 1. The Labute approximate surface area is 199 Å². The molecule has 4 amide bonds. The van der Waals surface area contributed by atoms with E-state index in [4.69, 9.17) is 17.2 Å². The number of carboxylic acids is 1. The van der Waals surface area contributed by atoms with Crippen LogP contribution in [-0.4, -0.2) is 76.6 Å². The first-order chi connectivity index (χ1) is 15.8. The molecule has 34 heavy (non-hydrogen) atoms. The highest BCUT2D eigenvalue weighted by Gasteiger charge is 2.31. The van der Waals surface area contributed by atoms with Crippen LogP contribution in [0.5, 0.6) is 0 Å². The Bertz CT molecular complexity index is 701. The first-order valence-electron chi connectivity index (χ1n) is 11.4. The largest absolute Gasteiger partial charge is 0.480 e. The number of nitrogens with two attached hydrogens (primary N) is 3. The number of unbranched alkanes of at least 4 members (excludes halogenated alkanes) is 1. The molecule has 0 saturated carbocycles. The smallest absolute Gasteiger partial charge is 0.326 e. The van der Waals surface area contributed by atoms with Crippen molar-refractivity contribution in [3.8, 4) is 0 Å². The van der Waals surface area contributed by atoms with Crippen LogP contribution < -0.4 is 33.2 Å². The van der Waals surface area contributed by atoms with Crippen molar-refractivity contribution in [3.05, 3.63) is 0 Å². The van der Waals surface area contributed by atoms with E-state index in [0.717, 1.165) is 0 Å². The highest BCUT2D eigenvalue weighted by molar-refractivity contribution is 5.94. The molecule has 0 bridgehead atoms. The van der Waals surface area contributed by atoms with Gasteiger partial charge in [0.15, 0.2) is 0 Å². The summed E-state index contributed by atoms with van der Waals surface area (Å²) in [5.74, 6) is -4.23. The van der Waals surface area contributed by atoms with Gasteiger partial charge in [-0.1, -0.05) is 13.8 Å². The van der Waals surface area contributed by atoms with Crippen molar-refractivity contribution >= 4 is 29.6 Å². The number of nitrogens with one attached hydrogen (secondary N) is 3. The molecule has 0 rings (SSSR count). The second kappa shape index (κ2) is 16.0. The normalized spacial score (nSPS) is 15.5. The van der Waals surface area contributed by atoms with Crippen LogP contribution in [0.15, 0.2) is 0 Å². The lowest BCUT2D eigenvalue weighted by molar-refractivity contribution is -0.142. The van der Waals surface area contributed by atoms with Crippen LogP contribution in [0.2, 0.25) is 0 Å². The number of amides is 4. The van der Waals surface area contributed by atoms with E-state index in [9.17, 15) is 34.2 Å². The molecule has 196 valence electrons. The third-order valence-corrected chi connectivity index (χ3v) is 5.04. The molecule has 5 unspecified atom stereocenters. The van der Waals surface area contributed by atoms with E-state index in [1.54, 1.807) is 0 Å². The van der Waals surface area contributed by atoms with Gasteiger partial charge in [-0.25, -0.2) is 4.79 Å². The number of carboxylic acid groups (broad SMARTS) is 1. The minimum atomic E-state index is -1.37. The fourth-order valence-electron chi connectivity index (χ4n) is 3.04. The SMILES string of the molecule is CC(C)CC(NC(=O)C(CCCCN)NC(=O)C(N)C(C)O)C(=O)NC(CCC(N)=O)C(=O)O. The number of carbonyl (C=O) groups excluding carboxylic acids is 4. The van der Waals surface area contributed by atoms with E-state index >= 15 is 0 Å². The van der Waals surface area contributed by atoms with Crippen molar-refractivity contribution in [2.75, 3.05) is 6.54 Å². The predicted molar refractivity (Wildman–Crippen MR) is 124 cm³/mol. The molecular formula is C21H40N6O7. The number of hydrogen-bond acceptors (Lipinski definition) is 8. The third kappa shape index (κ3) is 12.5. The van der Waals surface area contributed by atoms with Gasteiger partial charge < -0.3 is 43.4 Å². The Morgan fingerprint density at radius 1 is 0.824 bits per heavy atom. The van der Waals surface area contributed by atoms with E-state index in [1.165, 1.54) is 6.92 Å². The summed E-state index contributed by atoms with van der Waals surface area (Å²) in [5, 5.41) is 26.3. The fourth-order valence-corrected chi connectivity index (χ4v) is 3.04. The Balaban J connectivity index is 5.51. The van der Waals surface area contributed by atoms with Gasteiger partial charge in [-0.15, -0.1) is 0 Å². The number of hydrogen-bond donors (Lipinski definition) is 8. The number of aliphatic carboxylic acids is 1. The zero-order valence-corrected chi connectivity index (χ0v) is 20.1. The molecule has 0 radical (unpaired) electrons. The Kier molecular flexibility index (Phi) is 14.7.